The summed E-state index contributed by atoms with van der Waals surface area (Å²) >= 11 is 0. The van der Waals surface area contributed by atoms with E-state index >= 15 is 0 Å². The molecule has 0 amide bonds. The average Bonchev–Trinajstić information content (AvgIpc) is 3.27. The van der Waals surface area contributed by atoms with Gasteiger partial charge in [0.05, 0.1) is 28.8 Å². The molecular weight excluding hydrogens is 721 g/mol. The van der Waals surface area contributed by atoms with Crippen LogP contribution < -0.4 is 4.90 Å². The Bertz CT molecular complexity index is 2780. The van der Waals surface area contributed by atoms with Gasteiger partial charge in [-0.15, -0.1) is 0 Å². The first-order valence-electron chi connectivity index (χ1n) is 18.7. The highest BCUT2D eigenvalue weighted by atomic mass is 16.3. The molecule has 0 spiro atoms. The minimum Gasteiger partial charge on any atom is -0.504 e. The molecule has 1 aromatic heterocycles. The number of nitrogens with zero attached hydrogens (tertiary/aromatic N) is 2. The first kappa shape index (κ1) is 38.7. The highest BCUT2D eigenvalue weighted by Gasteiger charge is 2.19. The molecule has 8 aromatic rings. The van der Waals surface area contributed by atoms with Gasteiger partial charge < -0.3 is 30.4 Å². The smallest absolute Gasteiger partial charge is 0.169 e. The van der Waals surface area contributed by atoms with Gasteiger partial charge >= 0.3 is 0 Å². The maximum Gasteiger partial charge on any atom is 0.169 e. The van der Waals surface area contributed by atoms with Gasteiger partial charge in [0.2, 0.25) is 0 Å². The number of hydrogen-bond donors (Lipinski definition) is 5. The molecule has 5 N–H and O–H groups in total. The molecule has 0 unspecified atom stereocenters. The first-order chi connectivity index (χ1) is 28.3. The van der Waals surface area contributed by atoms with E-state index < -0.39 is 23.0 Å². The van der Waals surface area contributed by atoms with Crippen LogP contribution in [0.2, 0.25) is 0 Å². The van der Waals surface area contributed by atoms with Gasteiger partial charge in [-0.3, -0.25) is 4.98 Å². The van der Waals surface area contributed by atoms with Crippen molar-refractivity contribution in [3.63, 3.8) is 0 Å². The number of anilines is 3. The highest BCUT2D eigenvalue weighted by molar-refractivity contribution is 6.00. The van der Waals surface area contributed by atoms with Crippen molar-refractivity contribution in [1.29, 1.82) is 0 Å². The fourth-order valence-electron chi connectivity index (χ4n) is 7.12. The molecule has 1 heterocycles. The molecule has 7 aromatic carbocycles. The molecule has 58 heavy (non-hydrogen) atoms. The van der Waals surface area contributed by atoms with Gasteiger partial charge in [0.1, 0.15) is 0 Å². The third-order valence-electron chi connectivity index (χ3n) is 10.0. The van der Waals surface area contributed by atoms with E-state index in [0.717, 1.165) is 85.3 Å². The number of fused-ring (bicyclic) bond motifs is 2. The Balaban J connectivity index is 0.00000252. The van der Waals surface area contributed by atoms with E-state index in [9.17, 15) is 20.4 Å². The van der Waals surface area contributed by atoms with Gasteiger partial charge in [-0.2, -0.15) is 0 Å². The lowest BCUT2D eigenvalue weighted by Gasteiger charge is -2.27. The van der Waals surface area contributed by atoms with E-state index in [4.69, 9.17) is 10.1 Å². The molecule has 0 aliphatic carbocycles. The van der Waals surface area contributed by atoms with E-state index in [-0.39, 0.29) is 5.56 Å². The molecule has 0 saturated heterocycles. The van der Waals surface area contributed by atoms with Gasteiger partial charge in [0, 0.05) is 29.8 Å². The predicted octanol–water partition coefficient (Wildman–Crippen LogP) is 12.4. The number of aromatic nitrogens is 1. The van der Waals surface area contributed by atoms with Crippen molar-refractivity contribution < 1.29 is 25.5 Å². The summed E-state index contributed by atoms with van der Waals surface area (Å²) < 4.78 is 0. The summed E-state index contributed by atoms with van der Waals surface area (Å²) in [6, 6.07) is 48.1. The van der Waals surface area contributed by atoms with Crippen LogP contribution in [0.1, 0.15) is 12.5 Å². The lowest BCUT2D eigenvalue weighted by Crippen LogP contribution is -2.11. The Hall–Kier alpha value is -7.61. The van der Waals surface area contributed by atoms with Crippen molar-refractivity contribution in [3.05, 3.63) is 188 Å². The van der Waals surface area contributed by atoms with Gasteiger partial charge in [-0.05, 0) is 87.3 Å². The second-order valence-electron chi connectivity index (χ2n) is 13.5. The van der Waals surface area contributed by atoms with Crippen molar-refractivity contribution >= 4 is 44.2 Å². The van der Waals surface area contributed by atoms with Crippen LogP contribution in [0.4, 0.5) is 17.1 Å². The fraction of sp³-hybridized carbons (Fsp3) is 0.0392. The second kappa shape index (κ2) is 17.0. The number of aromatic hydroxyl groups is 4. The maximum absolute atomic E-state index is 10.3. The quantitative estimate of drug-likeness (QED) is 0.0564. The summed E-state index contributed by atoms with van der Waals surface area (Å²) in [4.78, 5) is 7.22. The summed E-state index contributed by atoms with van der Waals surface area (Å²) in [6.07, 6.45) is 9.92. The number of benzene rings is 7. The minimum atomic E-state index is -0.517. The van der Waals surface area contributed by atoms with Crippen LogP contribution in [0.15, 0.2) is 183 Å². The zero-order chi connectivity index (χ0) is 40.8. The topological polar surface area (TPSA) is 117 Å². The number of allylic oxidation sites excluding steroid dienone is 5. The number of hydrogen-bond acceptors (Lipinski definition) is 7. The molecule has 0 saturated carbocycles. The normalized spacial score (nSPS) is 11.4. The molecule has 7 nitrogen and oxygen atoms in total. The molecular formula is C51H42N2O5. The van der Waals surface area contributed by atoms with Crippen LogP contribution in [0.3, 0.4) is 0 Å². The van der Waals surface area contributed by atoms with Crippen molar-refractivity contribution in [2.45, 2.75) is 6.92 Å². The largest absolute Gasteiger partial charge is 0.504 e. The fourth-order valence-corrected chi connectivity index (χ4v) is 7.12. The van der Waals surface area contributed by atoms with Crippen LogP contribution >= 0.6 is 0 Å². The molecule has 0 radical (unpaired) electrons. The van der Waals surface area contributed by atoms with Crippen molar-refractivity contribution in [3.8, 4) is 56.5 Å². The number of phenols is 4. The Morgan fingerprint density at radius 2 is 1.19 bits per heavy atom. The lowest BCUT2D eigenvalue weighted by atomic mass is 9.97. The zero-order valence-electron chi connectivity index (χ0n) is 32.1. The Kier molecular flexibility index (Phi) is 11.4. The minimum absolute atomic E-state index is 0.0386. The Morgan fingerprint density at radius 3 is 1.84 bits per heavy atom. The molecule has 0 aliphatic rings. The molecule has 286 valence electrons. The van der Waals surface area contributed by atoms with Crippen LogP contribution in [0, 0.1) is 0 Å². The molecule has 0 fully saturated rings. The second-order valence-corrected chi connectivity index (χ2v) is 13.5. The maximum atomic E-state index is 10.3. The number of phenolic OH excluding ortho intramolecular Hbond substituents is 4. The third-order valence-corrected chi connectivity index (χ3v) is 10.0. The van der Waals surface area contributed by atoms with Crippen LogP contribution in [0.25, 0.3) is 60.6 Å². The number of aliphatic hydroxyl groups excluding tert-OH is 1. The number of aliphatic hydroxyl groups is 1. The molecule has 0 atom stereocenters. The van der Waals surface area contributed by atoms with Gasteiger partial charge in [0.15, 0.2) is 23.0 Å². The zero-order valence-corrected chi connectivity index (χ0v) is 32.1. The van der Waals surface area contributed by atoms with E-state index in [2.05, 4.69) is 102 Å². The van der Waals surface area contributed by atoms with Crippen LogP contribution in [-0.4, -0.2) is 37.6 Å². The van der Waals surface area contributed by atoms with Gasteiger partial charge in [0.25, 0.3) is 0 Å². The highest BCUT2D eigenvalue weighted by Crippen LogP contribution is 2.48. The number of rotatable bonds is 9. The first-order valence-corrected chi connectivity index (χ1v) is 18.7. The summed E-state index contributed by atoms with van der Waals surface area (Å²) in [5, 5.41) is 52.1. The van der Waals surface area contributed by atoms with Crippen molar-refractivity contribution in [2.75, 3.05) is 12.0 Å². The summed E-state index contributed by atoms with van der Waals surface area (Å²) in [5.41, 5.74) is 9.26. The Labute approximate surface area is 337 Å². The van der Waals surface area contributed by atoms with E-state index in [0.29, 0.717) is 5.56 Å². The van der Waals surface area contributed by atoms with Crippen LogP contribution in [0.5, 0.6) is 23.0 Å². The number of pyridine rings is 1. The van der Waals surface area contributed by atoms with E-state index in [1.54, 1.807) is 12.1 Å². The molecule has 0 aliphatic heterocycles. The van der Waals surface area contributed by atoms with Crippen molar-refractivity contribution in [2.24, 2.45) is 0 Å². The molecule has 7 heteroatoms. The van der Waals surface area contributed by atoms with Crippen LogP contribution in [-0.2, 0) is 0 Å². The summed E-state index contributed by atoms with van der Waals surface area (Å²) in [5.74, 6) is -2.04. The third kappa shape index (κ3) is 7.62. The molecule has 0 bridgehead atoms. The monoisotopic (exact) mass is 762 g/mol. The van der Waals surface area contributed by atoms with Gasteiger partial charge in [-0.25, -0.2) is 0 Å². The summed E-state index contributed by atoms with van der Waals surface area (Å²) in [7, 11) is 1.00. The summed E-state index contributed by atoms with van der Waals surface area (Å²) in [6.45, 7) is 6.02. The van der Waals surface area contributed by atoms with Gasteiger partial charge in [-0.1, -0.05) is 134 Å². The van der Waals surface area contributed by atoms with E-state index in [1.807, 2.05) is 73.8 Å². The predicted molar refractivity (Wildman–Crippen MR) is 238 cm³/mol. The van der Waals surface area contributed by atoms with E-state index in [1.165, 1.54) is 0 Å². The lowest BCUT2D eigenvalue weighted by molar-refractivity contribution is 0.375. The molecule has 8 rings (SSSR count). The standard InChI is InChI=1S/C50H38N2O4.CH4O/c1-3-5-9-32(4-2)38-22-23-40-29-41(25-24-39(40)28-38)52(45-13-8-11-35-10-6-7-12-43(35)45)42-26-27-44(51-31-42)36-18-14-33(15-19-36)34-16-20-37(21-17-34)48-49(55)46(53)30-47(54)50(48)56;1-2/h3-31,53-56H,2H2,1H3;2H,1H3/b5-3-,32-9+;. The average molecular weight is 763 g/mol. The Morgan fingerprint density at radius 1 is 0.586 bits per heavy atom. The van der Waals surface area contributed by atoms with Crippen molar-refractivity contribution in [1.82, 2.24) is 4.98 Å². The SMILES string of the molecule is C=C/C(=C\C=C/C)c1ccc2cc(N(c3ccc(-c4ccc(-c5ccc(-c6c(O)c(O)cc(O)c6O)cc5)cc4)nc3)c3cccc4ccccc34)ccc2c1.CO.